The van der Waals surface area contributed by atoms with Gasteiger partial charge in [0.2, 0.25) is 11.0 Å². The Kier molecular flexibility index (Phi) is 4.23. The second-order valence-corrected chi connectivity index (χ2v) is 7.74. The minimum absolute atomic E-state index is 0.124. The molecular weight excluding hydrogens is 361 g/mol. The molecule has 0 amide bonds. The van der Waals surface area contributed by atoms with Crippen LogP contribution in [0.3, 0.4) is 0 Å². The Bertz CT molecular complexity index is 1020. The Morgan fingerprint density at radius 3 is 2.58 bits per heavy atom. The van der Waals surface area contributed by atoms with Crippen molar-refractivity contribution in [3.8, 4) is 11.7 Å². The van der Waals surface area contributed by atoms with Crippen molar-refractivity contribution >= 4 is 15.7 Å². The Morgan fingerprint density at radius 1 is 1.04 bits per heavy atom. The third-order valence-electron chi connectivity index (χ3n) is 4.32. The molecule has 2 aromatic heterocycles. The molecule has 3 aromatic rings. The Hall–Kier alpha value is -2.68. The number of halogens is 1. The highest BCUT2D eigenvalue weighted by atomic mass is 32.2. The van der Waals surface area contributed by atoms with Gasteiger partial charge in [-0.3, -0.25) is 4.72 Å². The van der Waals surface area contributed by atoms with Crippen molar-refractivity contribution in [2.45, 2.75) is 36.7 Å². The molecule has 0 aliphatic heterocycles. The van der Waals surface area contributed by atoms with Gasteiger partial charge in [-0.1, -0.05) is 25.0 Å². The summed E-state index contributed by atoms with van der Waals surface area (Å²) in [5.41, 5.74) is -0.160. The number of furan rings is 1. The van der Waals surface area contributed by atoms with E-state index < -0.39 is 15.8 Å². The SMILES string of the molecule is O=S(=O)(Nc1ccccc1F)c1ccc(-c2nnc(C3CCCC3)o2)o1. The monoisotopic (exact) mass is 377 g/mol. The van der Waals surface area contributed by atoms with E-state index in [0.717, 1.165) is 31.7 Å². The summed E-state index contributed by atoms with van der Waals surface area (Å²) in [5.74, 6) is 0.385. The molecule has 1 N–H and O–H groups in total. The maximum Gasteiger partial charge on any atom is 0.295 e. The van der Waals surface area contributed by atoms with Crippen molar-refractivity contribution in [2.24, 2.45) is 0 Å². The van der Waals surface area contributed by atoms with Crippen molar-refractivity contribution in [2.75, 3.05) is 4.72 Å². The Labute approximate surface area is 149 Å². The molecule has 26 heavy (non-hydrogen) atoms. The third-order valence-corrected chi connectivity index (χ3v) is 5.56. The summed E-state index contributed by atoms with van der Waals surface area (Å²) < 4.78 is 51.5. The van der Waals surface area contributed by atoms with Crippen LogP contribution in [0.15, 0.2) is 50.3 Å². The number of hydrogen-bond donors (Lipinski definition) is 1. The first kappa shape index (κ1) is 16.8. The number of nitrogens with one attached hydrogen (secondary N) is 1. The van der Waals surface area contributed by atoms with Gasteiger partial charge in [-0.05, 0) is 37.1 Å². The number of sulfonamides is 1. The molecule has 1 aromatic carbocycles. The van der Waals surface area contributed by atoms with Crippen LogP contribution in [0, 0.1) is 5.82 Å². The van der Waals surface area contributed by atoms with Crippen LogP contribution >= 0.6 is 0 Å². The minimum Gasteiger partial charge on any atom is -0.438 e. The van der Waals surface area contributed by atoms with E-state index in [-0.39, 0.29) is 28.3 Å². The van der Waals surface area contributed by atoms with E-state index >= 15 is 0 Å². The van der Waals surface area contributed by atoms with Gasteiger partial charge in [-0.2, -0.15) is 8.42 Å². The second-order valence-electron chi connectivity index (χ2n) is 6.13. The fourth-order valence-corrected chi connectivity index (χ4v) is 3.99. The van der Waals surface area contributed by atoms with E-state index in [9.17, 15) is 12.8 Å². The van der Waals surface area contributed by atoms with Gasteiger partial charge in [-0.15, -0.1) is 10.2 Å². The van der Waals surface area contributed by atoms with Crippen LogP contribution in [-0.2, 0) is 10.0 Å². The number of nitrogens with zero attached hydrogens (tertiary/aromatic N) is 2. The highest BCUT2D eigenvalue weighted by Crippen LogP contribution is 2.35. The van der Waals surface area contributed by atoms with E-state index in [2.05, 4.69) is 14.9 Å². The lowest BCUT2D eigenvalue weighted by atomic mass is 10.1. The molecule has 1 fully saturated rings. The smallest absolute Gasteiger partial charge is 0.295 e. The van der Waals surface area contributed by atoms with Crippen LogP contribution in [0.4, 0.5) is 10.1 Å². The summed E-state index contributed by atoms with van der Waals surface area (Å²) in [6.45, 7) is 0. The average molecular weight is 377 g/mol. The highest BCUT2D eigenvalue weighted by Gasteiger charge is 2.25. The van der Waals surface area contributed by atoms with Gasteiger partial charge in [0, 0.05) is 5.92 Å². The standard InChI is InChI=1S/C17H16FN3O4S/c18-12-7-3-4-8-13(12)21-26(22,23)15-10-9-14(24-15)17-20-19-16(25-17)11-5-1-2-6-11/h3-4,7-11,21H,1-2,5-6H2. The molecule has 0 spiro atoms. The molecule has 9 heteroatoms. The fourth-order valence-electron chi connectivity index (χ4n) is 2.99. The lowest BCUT2D eigenvalue weighted by molar-refractivity contribution is 0.421. The predicted molar refractivity (Wildman–Crippen MR) is 90.4 cm³/mol. The van der Waals surface area contributed by atoms with Gasteiger partial charge >= 0.3 is 0 Å². The quantitative estimate of drug-likeness (QED) is 0.723. The number of anilines is 1. The molecule has 0 bridgehead atoms. The highest BCUT2D eigenvalue weighted by molar-refractivity contribution is 7.92. The molecule has 4 rings (SSSR count). The minimum atomic E-state index is -4.08. The predicted octanol–water partition coefficient (Wildman–Crippen LogP) is 3.93. The van der Waals surface area contributed by atoms with Crippen LogP contribution < -0.4 is 4.72 Å². The van der Waals surface area contributed by atoms with Gasteiger partial charge < -0.3 is 8.83 Å². The topological polar surface area (TPSA) is 98.2 Å². The summed E-state index contributed by atoms with van der Waals surface area (Å²) >= 11 is 0. The van der Waals surface area contributed by atoms with Crippen LogP contribution in [0.1, 0.15) is 37.5 Å². The maximum absolute atomic E-state index is 13.7. The Morgan fingerprint density at radius 2 is 1.81 bits per heavy atom. The van der Waals surface area contributed by atoms with Gasteiger partial charge in [0.05, 0.1) is 5.69 Å². The zero-order valence-electron chi connectivity index (χ0n) is 13.7. The van der Waals surface area contributed by atoms with E-state index in [4.69, 9.17) is 8.83 Å². The zero-order chi connectivity index (χ0) is 18.1. The van der Waals surface area contributed by atoms with E-state index in [0.29, 0.717) is 5.89 Å². The normalized spacial score (nSPS) is 15.4. The molecule has 0 saturated heterocycles. The maximum atomic E-state index is 13.7. The molecule has 136 valence electrons. The average Bonchev–Trinajstić information content (AvgIpc) is 3.37. The van der Waals surface area contributed by atoms with Crippen LogP contribution in [0.2, 0.25) is 0 Å². The van der Waals surface area contributed by atoms with Crippen molar-refractivity contribution < 1.29 is 21.6 Å². The molecular formula is C17H16FN3O4S. The number of benzene rings is 1. The van der Waals surface area contributed by atoms with Gasteiger partial charge in [0.25, 0.3) is 15.9 Å². The second kappa shape index (κ2) is 6.56. The van der Waals surface area contributed by atoms with Crippen LogP contribution in [0.5, 0.6) is 0 Å². The first-order valence-corrected chi connectivity index (χ1v) is 9.72. The molecule has 0 unspecified atom stereocenters. The molecule has 1 aliphatic rings. The van der Waals surface area contributed by atoms with Crippen molar-refractivity contribution in [3.05, 3.63) is 48.1 Å². The lowest BCUT2D eigenvalue weighted by Crippen LogP contribution is -2.13. The zero-order valence-corrected chi connectivity index (χ0v) is 14.5. The largest absolute Gasteiger partial charge is 0.438 e. The molecule has 2 heterocycles. The summed E-state index contributed by atoms with van der Waals surface area (Å²) in [4.78, 5) is 0. The summed E-state index contributed by atoms with van der Waals surface area (Å²) in [5, 5.41) is 7.61. The molecule has 1 saturated carbocycles. The molecule has 7 nitrogen and oxygen atoms in total. The van der Waals surface area contributed by atoms with Crippen LogP contribution in [-0.4, -0.2) is 18.6 Å². The fraction of sp³-hybridized carbons (Fsp3) is 0.294. The first-order chi connectivity index (χ1) is 12.5. The van der Waals surface area contributed by atoms with Crippen molar-refractivity contribution in [1.29, 1.82) is 0 Å². The van der Waals surface area contributed by atoms with Crippen molar-refractivity contribution in [3.63, 3.8) is 0 Å². The number of para-hydroxylation sites is 1. The van der Waals surface area contributed by atoms with E-state index in [1.165, 1.54) is 30.3 Å². The summed E-state index contributed by atoms with van der Waals surface area (Å²) in [7, 11) is -4.08. The summed E-state index contributed by atoms with van der Waals surface area (Å²) in [6, 6.07) is 8.17. The van der Waals surface area contributed by atoms with Crippen LogP contribution in [0.25, 0.3) is 11.7 Å². The van der Waals surface area contributed by atoms with E-state index in [1.807, 2.05) is 0 Å². The molecule has 0 atom stereocenters. The number of aromatic nitrogens is 2. The third kappa shape index (κ3) is 3.22. The number of rotatable bonds is 5. The van der Waals surface area contributed by atoms with E-state index in [1.54, 1.807) is 0 Å². The number of hydrogen-bond acceptors (Lipinski definition) is 6. The van der Waals surface area contributed by atoms with Crippen molar-refractivity contribution in [1.82, 2.24) is 10.2 Å². The van der Waals surface area contributed by atoms with Gasteiger partial charge in [0.15, 0.2) is 5.76 Å². The molecule has 0 radical (unpaired) electrons. The Balaban J connectivity index is 1.56. The lowest BCUT2D eigenvalue weighted by Gasteiger charge is -2.06. The van der Waals surface area contributed by atoms with Gasteiger partial charge in [0.1, 0.15) is 5.82 Å². The van der Waals surface area contributed by atoms with Gasteiger partial charge in [-0.25, -0.2) is 4.39 Å². The summed E-state index contributed by atoms with van der Waals surface area (Å²) in [6.07, 6.45) is 4.28. The first-order valence-electron chi connectivity index (χ1n) is 8.24. The molecule has 1 aliphatic carbocycles.